The Balaban J connectivity index is 1.81. The second-order valence-electron chi connectivity index (χ2n) is 10.1. The van der Waals surface area contributed by atoms with Crippen LogP contribution in [0.2, 0.25) is 5.04 Å². The van der Waals surface area contributed by atoms with Crippen molar-refractivity contribution < 1.29 is 18.6 Å². The first kappa shape index (κ1) is 25.2. The summed E-state index contributed by atoms with van der Waals surface area (Å²) in [6, 6.07) is 21.1. The van der Waals surface area contributed by atoms with E-state index in [1.54, 1.807) is 0 Å². The number of thioether (sulfide) groups is 1. The summed E-state index contributed by atoms with van der Waals surface area (Å²) >= 11 is 1.19. The Hall–Kier alpha value is -1.92. The Morgan fingerprint density at radius 1 is 1.03 bits per heavy atom. The summed E-state index contributed by atoms with van der Waals surface area (Å²) in [5.74, 6) is -0.154. The van der Waals surface area contributed by atoms with Gasteiger partial charge in [0.05, 0.1) is 0 Å². The van der Waals surface area contributed by atoms with Gasteiger partial charge in [-0.25, -0.2) is 0 Å². The van der Waals surface area contributed by atoms with Gasteiger partial charge in [0, 0.05) is 5.75 Å². The van der Waals surface area contributed by atoms with Crippen LogP contribution < -0.4 is 10.4 Å². The lowest BCUT2D eigenvalue weighted by molar-refractivity contribution is -0.208. The molecule has 5 nitrogen and oxygen atoms in total. The van der Waals surface area contributed by atoms with Crippen LogP contribution >= 0.6 is 11.8 Å². The van der Waals surface area contributed by atoms with Crippen LogP contribution in [0.1, 0.15) is 34.6 Å². The predicted octanol–water partition coefficient (Wildman–Crippen LogP) is 4.58. The molecule has 0 bridgehead atoms. The highest BCUT2D eigenvalue weighted by Crippen LogP contribution is 2.44. The molecule has 0 saturated carbocycles. The molecule has 7 heteroatoms. The van der Waals surface area contributed by atoms with Gasteiger partial charge in [-0.1, -0.05) is 93.6 Å². The maximum Gasteiger partial charge on any atom is 0.261 e. The largest absolute Gasteiger partial charge is 0.399 e. The minimum Gasteiger partial charge on any atom is -0.399 e. The highest BCUT2D eigenvalue weighted by atomic mass is 32.2. The van der Waals surface area contributed by atoms with Crippen LogP contribution in [0.3, 0.4) is 0 Å². The number of fused-ring (bicyclic) bond motifs is 1. The van der Waals surface area contributed by atoms with E-state index in [0.717, 1.165) is 0 Å². The van der Waals surface area contributed by atoms with E-state index in [1.807, 2.05) is 38.1 Å². The zero-order chi connectivity index (χ0) is 24.4. The molecule has 0 spiro atoms. The number of nitrogens with zero attached hydrogens (tertiary/aromatic N) is 1. The van der Waals surface area contributed by atoms with Crippen LogP contribution in [0.15, 0.2) is 72.8 Å². The van der Waals surface area contributed by atoms with Crippen LogP contribution in [0.25, 0.3) is 0 Å². The van der Waals surface area contributed by atoms with Crippen LogP contribution in [-0.2, 0) is 18.6 Å². The maximum atomic E-state index is 8.88. The van der Waals surface area contributed by atoms with Crippen molar-refractivity contribution in [2.75, 3.05) is 5.75 Å². The van der Waals surface area contributed by atoms with Gasteiger partial charge in [0.2, 0.25) is 0 Å². The molecule has 0 aromatic heterocycles. The molecule has 34 heavy (non-hydrogen) atoms. The van der Waals surface area contributed by atoms with Crippen molar-refractivity contribution in [2.45, 2.75) is 70.0 Å². The van der Waals surface area contributed by atoms with Crippen LogP contribution in [0.4, 0.5) is 0 Å². The van der Waals surface area contributed by atoms with Gasteiger partial charge in [0.1, 0.15) is 23.7 Å². The monoisotopic (exact) mass is 495 g/mol. The van der Waals surface area contributed by atoms with E-state index in [0.29, 0.717) is 5.75 Å². The quantitative estimate of drug-likeness (QED) is 0.243. The third kappa shape index (κ3) is 4.89. The lowest BCUT2D eigenvalue weighted by Gasteiger charge is -2.45. The number of nitriles is 1. The third-order valence-corrected chi connectivity index (χ3v) is 11.8. The lowest BCUT2D eigenvalue weighted by Crippen LogP contribution is -2.69. The molecule has 2 aromatic carbocycles. The zero-order valence-electron chi connectivity index (χ0n) is 20.4. The first-order chi connectivity index (χ1) is 16.2. The van der Waals surface area contributed by atoms with Crippen molar-refractivity contribution in [2.24, 2.45) is 0 Å². The molecule has 180 valence electrons. The van der Waals surface area contributed by atoms with Crippen molar-refractivity contribution in [1.82, 2.24) is 0 Å². The number of hydrogen-bond acceptors (Lipinski definition) is 6. The molecule has 2 aliphatic rings. The molecule has 1 unspecified atom stereocenters. The minimum atomic E-state index is -2.82. The first-order valence-electron chi connectivity index (χ1n) is 11.7. The molecule has 2 aliphatic heterocycles. The fraction of sp³-hybridized carbons (Fsp3) is 0.444. The van der Waals surface area contributed by atoms with E-state index in [-0.39, 0.29) is 23.4 Å². The molecule has 2 saturated heterocycles. The van der Waals surface area contributed by atoms with Crippen molar-refractivity contribution in [3.63, 3.8) is 0 Å². The van der Waals surface area contributed by atoms with Crippen molar-refractivity contribution in [3.8, 4) is 5.40 Å². The predicted molar refractivity (Wildman–Crippen MR) is 138 cm³/mol. The standard InChI is InChI=1S/C27H33NO4SSi/c1-26(2,3)34(20-13-8-6-9-14-20,21-15-10-7-11-16-21)32-23-22(17-12-18-33-19-28)29-25-24(23)30-27(4,5)31-25/h6-17,22-25H,18H2,1-5H3/t22?,23-,24+,25+/m0/s1. The normalized spacial score (nSPS) is 26.5. The van der Waals surface area contributed by atoms with Gasteiger partial charge in [-0.2, -0.15) is 5.26 Å². The van der Waals surface area contributed by atoms with Gasteiger partial charge in [-0.3, -0.25) is 0 Å². The Labute approximate surface area is 208 Å². The summed E-state index contributed by atoms with van der Waals surface area (Å²) in [5, 5.41) is 13.2. The van der Waals surface area contributed by atoms with E-state index in [1.165, 1.54) is 22.1 Å². The highest BCUT2D eigenvalue weighted by Gasteiger charge is 2.60. The van der Waals surface area contributed by atoms with E-state index >= 15 is 0 Å². The minimum absolute atomic E-state index is 0.173. The number of thiocyanates is 1. The summed E-state index contributed by atoms with van der Waals surface area (Å²) in [7, 11) is -2.82. The lowest BCUT2D eigenvalue weighted by atomic mass is 10.1. The van der Waals surface area contributed by atoms with Gasteiger partial charge < -0.3 is 18.6 Å². The molecule has 2 aromatic rings. The van der Waals surface area contributed by atoms with E-state index in [2.05, 4.69) is 74.7 Å². The summed E-state index contributed by atoms with van der Waals surface area (Å²) in [4.78, 5) is 0. The Morgan fingerprint density at radius 3 is 2.15 bits per heavy atom. The van der Waals surface area contributed by atoms with Crippen molar-refractivity contribution >= 4 is 30.5 Å². The highest BCUT2D eigenvalue weighted by molar-refractivity contribution is 8.03. The number of benzene rings is 2. The van der Waals surface area contributed by atoms with E-state index < -0.39 is 20.4 Å². The smallest absolute Gasteiger partial charge is 0.261 e. The van der Waals surface area contributed by atoms with Crippen molar-refractivity contribution in [3.05, 3.63) is 72.8 Å². The summed E-state index contributed by atoms with van der Waals surface area (Å²) in [5.41, 5.74) is 0. The second kappa shape index (κ2) is 9.98. The van der Waals surface area contributed by atoms with Crippen molar-refractivity contribution in [1.29, 1.82) is 5.26 Å². The van der Waals surface area contributed by atoms with Gasteiger partial charge >= 0.3 is 0 Å². The fourth-order valence-electron chi connectivity index (χ4n) is 4.96. The SMILES string of the molecule is CC1(C)O[C@H]2OC(C=CCSC#N)[C@H](O[Si](c3ccccc3)(c3ccccc3)C(C)(C)C)[C@H]2O1. The molecule has 0 radical (unpaired) electrons. The maximum absolute atomic E-state index is 8.88. The molecule has 4 rings (SSSR count). The van der Waals surface area contributed by atoms with Crippen LogP contribution in [-0.4, -0.2) is 44.5 Å². The molecule has 0 amide bonds. The van der Waals surface area contributed by atoms with Gasteiger partial charge in [-0.15, -0.1) is 0 Å². The Bertz CT molecular complexity index is 993. The summed E-state index contributed by atoms with van der Waals surface area (Å²) < 4.78 is 26.1. The Morgan fingerprint density at radius 2 is 1.62 bits per heavy atom. The molecular weight excluding hydrogens is 462 g/mol. The molecule has 2 heterocycles. The number of ether oxygens (including phenoxy) is 3. The zero-order valence-corrected chi connectivity index (χ0v) is 22.2. The van der Waals surface area contributed by atoms with Gasteiger partial charge in [-0.05, 0) is 41.0 Å². The molecule has 0 N–H and O–H groups in total. The summed E-state index contributed by atoms with van der Waals surface area (Å²) in [6.07, 6.45) is 2.40. The molecule has 0 aliphatic carbocycles. The fourth-order valence-corrected chi connectivity index (χ4v) is 9.94. The Kier molecular flexibility index (Phi) is 7.39. The molecule has 4 atom stereocenters. The van der Waals surface area contributed by atoms with Gasteiger partial charge in [0.15, 0.2) is 12.1 Å². The average molecular weight is 496 g/mol. The second-order valence-corrected chi connectivity index (χ2v) is 15.2. The van der Waals surface area contributed by atoms with Crippen LogP contribution in [0, 0.1) is 10.7 Å². The third-order valence-electron chi connectivity index (χ3n) is 6.33. The van der Waals surface area contributed by atoms with E-state index in [4.69, 9.17) is 23.9 Å². The topological polar surface area (TPSA) is 60.7 Å². The first-order valence-corrected chi connectivity index (χ1v) is 14.5. The number of rotatable bonds is 7. The summed E-state index contributed by atoms with van der Waals surface area (Å²) in [6.45, 7) is 10.6. The molecule has 2 fully saturated rings. The molecular formula is C27H33NO4SSi. The number of hydrogen-bond donors (Lipinski definition) is 0. The van der Waals surface area contributed by atoms with Gasteiger partial charge in [0.25, 0.3) is 8.32 Å². The average Bonchev–Trinajstić information content (AvgIpc) is 3.26. The van der Waals surface area contributed by atoms with Crippen LogP contribution in [0.5, 0.6) is 0 Å². The van der Waals surface area contributed by atoms with E-state index in [9.17, 15) is 0 Å².